The van der Waals surface area contributed by atoms with Crippen LogP contribution in [-0.2, 0) is 33.6 Å². The number of amides is 4. The molecule has 10 N–H and O–H groups in total. The van der Waals surface area contributed by atoms with E-state index in [-0.39, 0.29) is 25.2 Å². The second-order valence-electron chi connectivity index (χ2n) is 8.29. The largest absolute Gasteiger partial charge is 0.481 e. The molecule has 0 spiro atoms. The lowest BCUT2D eigenvalue weighted by atomic mass is 10.0. The van der Waals surface area contributed by atoms with Crippen molar-refractivity contribution in [2.45, 2.75) is 76.5 Å². The summed E-state index contributed by atoms with van der Waals surface area (Å²) >= 11 is 0. The van der Waals surface area contributed by atoms with Crippen LogP contribution in [0.4, 0.5) is 0 Å². The van der Waals surface area contributed by atoms with Crippen molar-refractivity contribution in [2.24, 2.45) is 17.4 Å². The van der Waals surface area contributed by atoms with Crippen molar-refractivity contribution in [1.82, 2.24) is 16.0 Å². The summed E-state index contributed by atoms with van der Waals surface area (Å²) in [6.45, 7) is 3.44. The van der Waals surface area contributed by atoms with Crippen LogP contribution in [0.5, 0.6) is 0 Å². The monoisotopic (exact) mass is 503 g/mol. The third kappa shape index (κ3) is 13.5. The van der Waals surface area contributed by atoms with Crippen molar-refractivity contribution in [3.63, 3.8) is 0 Å². The van der Waals surface area contributed by atoms with E-state index in [1.807, 2.05) is 0 Å². The van der Waals surface area contributed by atoms with Gasteiger partial charge >= 0.3 is 17.9 Å². The number of carbonyl (C=O) groups is 7. The highest BCUT2D eigenvalue weighted by molar-refractivity contribution is 5.95. The average Bonchev–Trinajstić information content (AvgIpc) is 2.72. The van der Waals surface area contributed by atoms with Gasteiger partial charge in [0.15, 0.2) is 0 Å². The zero-order chi connectivity index (χ0) is 27.3. The van der Waals surface area contributed by atoms with E-state index in [4.69, 9.17) is 21.7 Å². The highest BCUT2D eigenvalue weighted by atomic mass is 16.4. The molecule has 0 fully saturated rings. The quantitative estimate of drug-likeness (QED) is 0.103. The third-order valence-electron chi connectivity index (χ3n) is 4.65. The van der Waals surface area contributed by atoms with Gasteiger partial charge in [0.05, 0.1) is 12.5 Å². The minimum atomic E-state index is -1.64. The number of carboxylic acid groups (broad SMARTS) is 3. The Balaban J connectivity index is 5.57. The Kier molecular flexibility index (Phi) is 13.6. The molecule has 0 saturated carbocycles. The minimum absolute atomic E-state index is 0.0399. The predicted octanol–water partition coefficient (Wildman–Crippen LogP) is -2.50. The molecule has 0 aromatic carbocycles. The molecule has 0 aliphatic rings. The second kappa shape index (κ2) is 15.2. The van der Waals surface area contributed by atoms with Crippen LogP contribution >= 0.6 is 0 Å². The molecule has 15 nitrogen and oxygen atoms in total. The first-order valence-electron chi connectivity index (χ1n) is 10.7. The molecular formula is C20H33N5O10. The lowest BCUT2D eigenvalue weighted by Crippen LogP contribution is -2.57. The highest BCUT2D eigenvalue weighted by Gasteiger charge is 2.31. The summed E-state index contributed by atoms with van der Waals surface area (Å²) in [6.07, 6.45) is -2.18. The third-order valence-corrected chi connectivity index (χ3v) is 4.65. The maximum atomic E-state index is 12.8. The van der Waals surface area contributed by atoms with Gasteiger partial charge in [-0.3, -0.25) is 28.8 Å². The Morgan fingerprint density at radius 1 is 0.714 bits per heavy atom. The fraction of sp³-hybridized carbons (Fsp3) is 0.650. The SMILES string of the molecule is CC(C)CC(NC(=O)C(CCC(=O)O)NC(=O)C(N)CCC(=O)O)C(=O)NC(CC(N)=O)C(=O)O. The second-order valence-corrected chi connectivity index (χ2v) is 8.29. The Morgan fingerprint density at radius 3 is 1.63 bits per heavy atom. The lowest BCUT2D eigenvalue weighted by Gasteiger charge is -2.25. The van der Waals surface area contributed by atoms with E-state index in [1.165, 1.54) is 0 Å². The lowest BCUT2D eigenvalue weighted by molar-refractivity contribution is -0.144. The number of aliphatic carboxylic acids is 3. The smallest absolute Gasteiger partial charge is 0.326 e. The summed E-state index contributed by atoms with van der Waals surface area (Å²) in [7, 11) is 0. The van der Waals surface area contributed by atoms with Crippen molar-refractivity contribution < 1.29 is 48.9 Å². The summed E-state index contributed by atoms with van der Waals surface area (Å²) in [5.74, 6) is -7.87. The van der Waals surface area contributed by atoms with Crippen LogP contribution in [0.2, 0.25) is 0 Å². The van der Waals surface area contributed by atoms with Gasteiger partial charge < -0.3 is 42.7 Å². The van der Waals surface area contributed by atoms with E-state index in [1.54, 1.807) is 13.8 Å². The molecule has 4 unspecified atom stereocenters. The molecule has 35 heavy (non-hydrogen) atoms. The molecule has 0 bridgehead atoms. The van der Waals surface area contributed by atoms with Gasteiger partial charge in [-0.25, -0.2) is 4.79 Å². The average molecular weight is 504 g/mol. The molecule has 0 aliphatic heterocycles. The van der Waals surface area contributed by atoms with Crippen LogP contribution < -0.4 is 27.4 Å². The van der Waals surface area contributed by atoms with Gasteiger partial charge in [-0.1, -0.05) is 13.8 Å². The Morgan fingerprint density at radius 2 is 1.17 bits per heavy atom. The zero-order valence-corrected chi connectivity index (χ0v) is 19.5. The van der Waals surface area contributed by atoms with Crippen LogP contribution in [0.3, 0.4) is 0 Å². The van der Waals surface area contributed by atoms with E-state index in [2.05, 4.69) is 16.0 Å². The van der Waals surface area contributed by atoms with Crippen LogP contribution in [0.15, 0.2) is 0 Å². The zero-order valence-electron chi connectivity index (χ0n) is 19.5. The topological polar surface area (TPSA) is 268 Å². The van der Waals surface area contributed by atoms with E-state index >= 15 is 0 Å². The molecule has 0 aliphatic carbocycles. The number of primary amides is 1. The number of hydrogen-bond acceptors (Lipinski definition) is 8. The summed E-state index contributed by atoms with van der Waals surface area (Å²) < 4.78 is 0. The van der Waals surface area contributed by atoms with Crippen molar-refractivity contribution in [2.75, 3.05) is 0 Å². The van der Waals surface area contributed by atoms with Crippen molar-refractivity contribution in [3.05, 3.63) is 0 Å². The standard InChI is InChI=1S/C20H33N5O10/c1-9(2)7-12(19(33)25-13(20(34)35)8-14(22)26)24-18(32)11(4-6-16(29)30)23-17(31)10(21)3-5-15(27)28/h9-13H,3-8,21H2,1-2H3,(H2,22,26)(H,23,31)(H,24,32)(H,25,33)(H,27,28)(H,29,30)(H,34,35). The Labute approximate surface area is 201 Å². The minimum Gasteiger partial charge on any atom is -0.481 e. The molecule has 15 heteroatoms. The number of nitrogens with two attached hydrogens (primary N) is 2. The van der Waals surface area contributed by atoms with Gasteiger partial charge in [-0.2, -0.15) is 0 Å². The van der Waals surface area contributed by atoms with Gasteiger partial charge in [-0.05, 0) is 25.2 Å². The summed E-state index contributed by atoms with van der Waals surface area (Å²) in [4.78, 5) is 81.9. The fourth-order valence-electron chi connectivity index (χ4n) is 2.87. The predicted molar refractivity (Wildman–Crippen MR) is 118 cm³/mol. The van der Waals surface area contributed by atoms with Crippen molar-refractivity contribution in [3.8, 4) is 0 Å². The van der Waals surface area contributed by atoms with Crippen LogP contribution in [0.1, 0.15) is 52.4 Å². The molecule has 198 valence electrons. The summed E-state index contributed by atoms with van der Waals surface area (Å²) in [5.41, 5.74) is 10.6. The molecule has 0 aromatic rings. The fourth-order valence-corrected chi connectivity index (χ4v) is 2.87. The maximum Gasteiger partial charge on any atom is 0.326 e. The van der Waals surface area contributed by atoms with Crippen molar-refractivity contribution >= 4 is 41.5 Å². The number of rotatable bonds is 17. The van der Waals surface area contributed by atoms with E-state index < -0.39 is 85.0 Å². The molecule has 0 saturated heterocycles. The first-order valence-corrected chi connectivity index (χ1v) is 10.7. The van der Waals surface area contributed by atoms with Gasteiger partial charge in [-0.15, -0.1) is 0 Å². The Bertz CT molecular complexity index is 816. The summed E-state index contributed by atoms with van der Waals surface area (Å²) in [6, 6.07) is -5.65. The maximum absolute atomic E-state index is 12.8. The van der Waals surface area contributed by atoms with Crippen LogP contribution in [0.25, 0.3) is 0 Å². The van der Waals surface area contributed by atoms with E-state index in [0.29, 0.717) is 0 Å². The summed E-state index contributed by atoms with van der Waals surface area (Å²) in [5, 5.41) is 33.6. The van der Waals surface area contributed by atoms with Crippen LogP contribution in [-0.4, -0.2) is 81.0 Å². The molecule has 0 radical (unpaired) electrons. The number of carboxylic acids is 3. The van der Waals surface area contributed by atoms with E-state index in [0.717, 1.165) is 0 Å². The molecule has 0 rings (SSSR count). The van der Waals surface area contributed by atoms with Crippen molar-refractivity contribution in [1.29, 1.82) is 0 Å². The van der Waals surface area contributed by atoms with Gasteiger partial charge in [0.25, 0.3) is 0 Å². The molecule has 4 atom stereocenters. The number of carbonyl (C=O) groups excluding carboxylic acids is 4. The number of hydrogen-bond donors (Lipinski definition) is 8. The van der Waals surface area contributed by atoms with E-state index in [9.17, 15) is 38.7 Å². The van der Waals surface area contributed by atoms with Gasteiger partial charge in [0, 0.05) is 12.8 Å². The van der Waals surface area contributed by atoms with Gasteiger partial charge in [0.1, 0.15) is 18.1 Å². The molecule has 0 heterocycles. The normalized spacial score (nSPS) is 14.2. The first kappa shape index (κ1) is 31.2. The molecular weight excluding hydrogens is 470 g/mol. The van der Waals surface area contributed by atoms with Gasteiger partial charge in [0.2, 0.25) is 23.6 Å². The number of nitrogens with one attached hydrogen (secondary N) is 3. The molecule has 4 amide bonds. The highest BCUT2D eigenvalue weighted by Crippen LogP contribution is 2.08. The Hall–Kier alpha value is -3.75. The molecule has 0 aromatic heterocycles. The van der Waals surface area contributed by atoms with Crippen LogP contribution in [0, 0.1) is 5.92 Å². The first-order chi connectivity index (χ1) is 16.1.